The molecule has 0 spiro atoms. The maximum absolute atomic E-state index is 12.5. The molecule has 6 heteroatoms. The third kappa shape index (κ3) is 6.40. The van der Waals surface area contributed by atoms with Gasteiger partial charge in [0.1, 0.15) is 5.75 Å². The van der Waals surface area contributed by atoms with E-state index in [4.69, 9.17) is 9.47 Å². The minimum absolute atomic E-state index is 0.0370. The number of likely N-dealkylation sites (tertiary alicyclic amines) is 1. The second-order valence-corrected chi connectivity index (χ2v) is 7.82. The molecule has 0 aromatic heterocycles. The number of nitrogens with zero attached hydrogens (tertiary/aromatic N) is 2. The van der Waals surface area contributed by atoms with E-state index in [2.05, 4.69) is 10.2 Å². The first-order valence-corrected chi connectivity index (χ1v) is 10.2. The highest BCUT2D eigenvalue weighted by Gasteiger charge is 2.24. The van der Waals surface area contributed by atoms with Crippen molar-refractivity contribution in [2.45, 2.75) is 39.3 Å². The number of benzene rings is 1. The minimum atomic E-state index is 0.0370. The van der Waals surface area contributed by atoms with E-state index in [0.717, 1.165) is 70.1 Å². The number of amides is 2. The Morgan fingerprint density at radius 3 is 2.67 bits per heavy atom. The molecule has 2 aliphatic rings. The second-order valence-electron chi connectivity index (χ2n) is 7.82. The standard InChI is InChI=1S/C21H33N3O3/c1-17(2)27-20-5-3-4-19(14-20)15-22-21(25)24-8-6-18(7-9-24)16-23-10-12-26-13-11-23/h3-5,14,17-18H,6-13,15-16H2,1-2H3,(H,22,25). The summed E-state index contributed by atoms with van der Waals surface area (Å²) in [6.07, 6.45) is 2.32. The van der Waals surface area contributed by atoms with Crippen molar-refractivity contribution in [3.8, 4) is 5.75 Å². The van der Waals surface area contributed by atoms with E-state index in [1.54, 1.807) is 0 Å². The van der Waals surface area contributed by atoms with Gasteiger partial charge in [0.2, 0.25) is 0 Å². The van der Waals surface area contributed by atoms with Gasteiger partial charge < -0.3 is 19.7 Å². The highest BCUT2D eigenvalue weighted by Crippen LogP contribution is 2.19. The lowest BCUT2D eigenvalue weighted by Crippen LogP contribution is -2.47. The highest BCUT2D eigenvalue weighted by atomic mass is 16.5. The largest absolute Gasteiger partial charge is 0.491 e. The van der Waals surface area contributed by atoms with E-state index in [-0.39, 0.29) is 12.1 Å². The molecule has 0 saturated carbocycles. The van der Waals surface area contributed by atoms with Crippen molar-refractivity contribution in [1.29, 1.82) is 0 Å². The predicted molar refractivity (Wildman–Crippen MR) is 106 cm³/mol. The molecule has 2 saturated heterocycles. The van der Waals surface area contributed by atoms with Crippen LogP contribution in [0.4, 0.5) is 4.79 Å². The van der Waals surface area contributed by atoms with Gasteiger partial charge in [-0.15, -0.1) is 0 Å². The van der Waals surface area contributed by atoms with E-state index < -0.39 is 0 Å². The van der Waals surface area contributed by atoms with Crippen LogP contribution in [0, 0.1) is 5.92 Å². The van der Waals surface area contributed by atoms with Gasteiger partial charge in [0.05, 0.1) is 19.3 Å². The third-order valence-corrected chi connectivity index (χ3v) is 5.24. The average Bonchev–Trinajstić information content (AvgIpc) is 2.67. The normalized spacial score (nSPS) is 19.3. The summed E-state index contributed by atoms with van der Waals surface area (Å²) in [4.78, 5) is 16.9. The Morgan fingerprint density at radius 2 is 1.96 bits per heavy atom. The molecule has 150 valence electrons. The molecule has 2 fully saturated rings. The molecule has 0 unspecified atom stereocenters. The molecule has 0 aliphatic carbocycles. The predicted octanol–water partition coefficient (Wildman–Crippen LogP) is 2.73. The summed E-state index contributed by atoms with van der Waals surface area (Å²) in [6.45, 7) is 11.2. The van der Waals surface area contributed by atoms with E-state index in [1.165, 1.54) is 0 Å². The fourth-order valence-electron chi connectivity index (χ4n) is 3.76. The number of urea groups is 1. The van der Waals surface area contributed by atoms with Crippen LogP contribution in [0.1, 0.15) is 32.3 Å². The van der Waals surface area contributed by atoms with Crippen molar-refractivity contribution in [2.24, 2.45) is 5.92 Å². The number of hydrogen-bond donors (Lipinski definition) is 1. The molecular weight excluding hydrogens is 342 g/mol. The first-order valence-electron chi connectivity index (χ1n) is 10.2. The molecule has 0 radical (unpaired) electrons. The smallest absolute Gasteiger partial charge is 0.317 e. The maximum atomic E-state index is 12.5. The van der Waals surface area contributed by atoms with Crippen molar-refractivity contribution in [3.63, 3.8) is 0 Å². The molecule has 2 heterocycles. The van der Waals surface area contributed by atoms with Crippen LogP contribution in [-0.2, 0) is 11.3 Å². The number of morpholine rings is 1. The zero-order valence-corrected chi connectivity index (χ0v) is 16.7. The summed E-state index contributed by atoms with van der Waals surface area (Å²) in [7, 11) is 0. The van der Waals surface area contributed by atoms with Crippen LogP contribution in [0.3, 0.4) is 0 Å². The summed E-state index contributed by atoms with van der Waals surface area (Å²) in [6, 6.07) is 7.97. The van der Waals surface area contributed by atoms with Crippen LogP contribution in [0.25, 0.3) is 0 Å². The average molecular weight is 376 g/mol. The van der Waals surface area contributed by atoms with Gasteiger partial charge in [-0.1, -0.05) is 12.1 Å². The zero-order valence-electron chi connectivity index (χ0n) is 16.7. The van der Waals surface area contributed by atoms with E-state index >= 15 is 0 Å². The van der Waals surface area contributed by atoms with Crippen molar-refractivity contribution in [1.82, 2.24) is 15.1 Å². The zero-order chi connectivity index (χ0) is 19.1. The summed E-state index contributed by atoms with van der Waals surface area (Å²) >= 11 is 0. The fourth-order valence-corrected chi connectivity index (χ4v) is 3.76. The van der Waals surface area contributed by atoms with Crippen LogP contribution >= 0.6 is 0 Å². The summed E-state index contributed by atoms with van der Waals surface area (Å²) < 4.78 is 11.1. The highest BCUT2D eigenvalue weighted by molar-refractivity contribution is 5.74. The van der Waals surface area contributed by atoms with Crippen molar-refractivity contribution in [2.75, 3.05) is 45.9 Å². The van der Waals surface area contributed by atoms with Gasteiger partial charge in [0.15, 0.2) is 0 Å². The minimum Gasteiger partial charge on any atom is -0.491 e. The number of nitrogens with one attached hydrogen (secondary N) is 1. The Labute approximate surface area is 162 Å². The van der Waals surface area contributed by atoms with Crippen LogP contribution in [-0.4, -0.2) is 67.9 Å². The van der Waals surface area contributed by atoms with Crippen molar-refractivity contribution >= 4 is 6.03 Å². The maximum Gasteiger partial charge on any atom is 0.317 e. The Kier molecular flexibility index (Phi) is 7.35. The molecule has 3 rings (SSSR count). The number of hydrogen-bond acceptors (Lipinski definition) is 4. The first kappa shape index (κ1) is 20.0. The van der Waals surface area contributed by atoms with Crippen LogP contribution in [0.2, 0.25) is 0 Å². The van der Waals surface area contributed by atoms with Crippen molar-refractivity contribution in [3.05, 3.63) is 29.8 Å². The van der Waals surface area contributed by atoms with E-state index in [0.29, 0.717) is 12.5 Å². The lowest BCUT2D eigenvalue weighted by atomic mass is 9.96. The van der Waals surface area contributed by atoms with Gasteiger partial charge in [0.25, 0.3) is 0 Å². The SMILES string of the molecule is CC(C)Oc1cccc(CNC(=O)N2CCC(CN3CCOCC3)CC2)c1. The molecule has 1 aromatic carbocycles. The summed E-state index contributed by atoms with van der Waals surface area (Å²) in [5.41, 5.74) is 1.06. The third-order valence-electron chi connectivity index (χ3n) is 5.24. The van der Waals surface area contributed by atoms with Gasteiger partial charge in [-0.05, 0) is 50.3 Å². The molecule has 2 amide bonds. The molecule has 1 aromatic rings. The molecule has 0 bridgehead atoms. The van der Waals surface area contributed by atoms with Gasteiger partial charge in [-0.3, -0.25) is 4.90 Å². The number of carbonyl (C=O) groups excluding carboxylic acids is 1. The van der Waals surface area contributed by atoms with E-state index in [9.17, 15) is 4.79 Å². The molecule has 2 aliphatic heterocycles. The fraction of sp³-hybridized carbons (Fsp3) is 0.667. The Bertz CT molecular complexity index is 594. The molecule has 6 nitrogen and oxygen atoms in total. The van der Waals surface area contributed by atoms with Crippen molar-refractivity contribution < 1.29 is 14.3 Å². The number of ether oxygens (including phenoxy) is 2. The van der Waals surface area contributed by atoms with Crippen LogP contribution in [0.5, 0.6) is 5.75 Å². The summed E-state index contributed by atoms with van der Waals surface area (Å²) in [5, 5.41) is 3.05. The molecular formula is C21H33N3O3. The monoisotopic (exact) mass is 375 g/mol. The quantitative estimate of drug-likeness (QED) is 0.831. The molecule has 1 N–H and O–H groups in total. The molecule has 0 atom stereocenters. The lowest BCUT2D eigenvalue weighted by molar-refractivity contribution is 0.0258. The summed E-state index contributed by atoms with van der Waals surface area (Å²) in [5.74, 6) is 1.54. The number of carbonyl (C=O) groups is 1. The van der Waals surface area contributed by atoms with Crippen LogP contribution in [0.15, 0.2) is 24.3 Å². The van der Waals surface area contributed by atoms with Gasteiger partial charge in [0, 0.05) is 39.3 Å². The Balaban J connectivity index is 1.39. The topological polar surface area (TPSA) is 54.0 Å². The van der Waals surface area contributed by atoms with E-state index in [1.807, 2.05) is 43.0 Å². The Hall–Kier alpha value is -1.79. The Morgan fingerprint density at radius 1 is 1.22 bits per heavy atom. The van der Waals surface area contributed by atoms with Gasteiger partial charge >= 0.3 is 6.03 Å². The number of rotatable bonds is 6. The number of piperidine rings is 1. The second kappa shape index (κ2) is 9.95. The van der Waals surface area contributed by atoms with Gasteiger partial charge in [-0.25, -0.2) is 4.79 Å². The first-order chi connectivity index (χ1) is 13.1. The van der Waals surface area contributed by atoms with Gasteiger partial charge in [-0.2, -0.15) is 0 Å². The molecule has 27 heavy (non-hydrogen) atoms. The lowest BCUT2D eigenvalue weighted by Gasteiger charge is -2.36. The van der Waals surface area contributed by atoms with Crippen LogP contribution < -0.4 is 10.1 Å².